The first-order chi connectivity index (χ1) is 8.28. The zero-order valence-electron chi connectivity index (χ0n) is 10.4. The Balaban J connectivity index is 1.94. The summed E-state index contributed by atoms with van der Waals surface area (Å²) in [6, 6.07) is 1.84. The highest BCUT2D eigenvalue weighted by molar-refractivity contribution is 5.38. The number of anilines is 1. The lowest BCUT2D eigenvalue weighted by molar-refractivity contribution is 0.165. The Kier molecular flexibility index (Phi) is 4.14. The molecular weight excluding hydrogens is 218 g/mol. The fourth-order valence-electron chi connectivity index (χ4n) is 1.80. The average molecular weight is 237 g/mol. The lowest BCUT2D eigenvalue weighted by atomic mass is 10.1. The van der Waals surface area contributed by atoms with Gasteiger partial charge in [0, 0.05) is 25.1 Å². The van der Waals surface area contributed by atoms with Crippen LogP contribution in [0, 0.1) is 12.8 Å². The van der Waals surface area contributed by atoms with Crippen LogP contribution < -0.4 is 10.1 Å². The Bertz CT molecular complexity index is 365. The smallest absolute Gasteiger partial charge is 0.218 e. The maximum absolute atomic E-state index is 5.69. The van der Waals surface area contributed by atoms with Crippen LogP contribution in [0.4, 0.5) is 5.82 Å². The highest BCUT2D eigenvalue weighted by atomic mass is 16.5. The highest BCUT2D eigenvalue weighted by Gasteiger charge is 2.16. The Labute approximate surface area is 102 Å². The predicted molar refractivity (Wildman–Crippen MR) is 65.4 cm³/mol. The summed E-state index contributed by atoms with van der Waals surface area (Å²) in [5.74, 6) is 2.67. The number of ether oxygens (including phenoxy) is 2. The van der Waals surface area contributed by atoms with E-state index in [-0.39, 0.29) is 0 Å². The van der Waals surface area contributed by atoms with Crippen LogP contribution in [0.15, 0.2) is 6.07 Å². The third kappa shape index (κ3) is 3.56. The van der Waals surface area contributed by atoms with Crippen LogP contribution in [0.2, 0.25) is 0 Å². The number of nitrogens with zero attached hydrogens (tertiary/aromatic N) is 2. The molecule has 0 spiro atoms. The number of hydrogen-bond donors (Lipinski definition) is 1. The Morgan fingerprint density at radius 2 is 2.41 bits per heavy atom. The van der Waals surface area contributed by atoms with Crippen molar-refractivity contribution in [3.63, 3.8) is 0 Å². The van der Waals surface area contributed by atoms with Gasteiger partial charge in [-0.1, -0.05) is 0 Å². The molecule has 1 atom stereocenters. The summed E-state index contributed by atoms with van der Waals surface area (Å²) in [5.41, 5.74) is 0. The van der Waals surface area contributed by atoms with Crippen molar-refractivity contribution in [3.05, 3.63) is 11.9 Å². The van der Waals surface area contributed by atoms with Crippen molar-refractivity contribution in [1.29, 1.82) is 0 Å². The van der Waals surface area contributed by atoms with Crippen LogP contribution in [0.3, 0.4) is 0 Å². The number of aryl methyl sites for hydroxylation is 1. The molecule has 1 aliphatic heterocycles. The summed E-state index contributed by atoms with van der Waals surface area (Å²) >= 11 is 0. The van der Waals surface area contributed by atoms with E-state index in [1.54, 1.807) is 0 Å². The molecule has 17 heavy (non-hydrogen) atoms. The molecule has 1 unspecified atom stereocenters. The molecule has 0 radical (unpaired) electrons. The van der Waals surface area contributed by atoms with E-state index in [1.165, 1.54) is 0 Å². The molecule has 0 saturated carbocycles. The zero-order valence-corrected chi connectivity index (χ0v) is 10.4. The largest absolute Gasteiger partial charge is 0.477 e. The van der Waals surface area contributed by atoms with Crippen molar-refractivity contribution in [1.82, 2.24) is 9.97 Å². The van der Waals surface area contributed by atoms with E-state index < -0.39 is 0 Å². The quantitative estimate of drug-likeness (QED) is 0.843. The first-order valence-electron chi connectivity index (χ1n) is 6.08. The maximum atomic E-state index is 5.69. The molecule has 1 aromatic heterocycles. The third-order valence-electron chi connectivity index (χ3n) is 2.66. The van der Waals surface area contributed by atoms with Crippen LogP contribution in [0.25, 0.3) is 0 Å². The minimum atomic E-state index is 0.493. The van der Waals surface area contributed by atoms with Crippen LogP contribution in [0.5, 0.6) is 5.88 Å². The predicted octanol–water partition coefficient (Wildman–Crippen LogP) is 1.63. The molecule has 1 fully saturated rings. The summed E-state index contributed by atoms with van der Waals surface area (Å²) in [5, 5.41) is 3.16. The van der Waals surface area contributed by atoms with Gasteiger partial charge in [-0.15, -0.1) is 0 Å². The monoisotopic (exact) mass is 237 g/mol. The van der Waals surface area contributed by atoms with Crippen molar-refractivity contribution in [3.8, 4) is 5.88 Å². The van der Waals surface area contributed by atoms with Crippen LogP contribution in [0.1, 0.15) is 19.2 Å². The Morgan fingerprint density at radius 1 is 1.53 bits per heavy atom. The zero-order chi connectivity index (χ0) is 12.1. The van der Waals surface area contributed by atoms with Gasteiger partial charge in [-0.3, -0.25) is 0 Å². The van der Waals surface area contributed by atoms with Crippen molar-refractivity contribution >= 4 is 5.82 Å². The van der Waals surface area contributed by atoms with Crippen LogP contribution in [-0.2, 0) is 4.74 Å². The molecular formula is C12H19N3O2. The van der Waals surface area contributed by atoms with E-state index in [4.69, 9.17) is 9.47 Å². The van der Waals surface area contributed by atoms with Gasteiger partial charge >= 0.3 is 0 Å². The molecule has 5 nitrogen and oxygen atoms in total. The molecule has 1 aromatic rings. The van der Waals surface area contributed by atoms with Crippen LogP contribution in [-0.4, -0.2) is 36.3 Å². The van der Waals surface area contributed by atoms with E-state index in [0.717, 1.165) is 37.8 Å². The lowest BCUT2D eigenvalue weighted by Gasteiger charge is -2.11. The van der Waals surface area contributed by atoms with Gasteiger partial charge in [0.2, 0.25) is 5.88 Å². The van der Waals surface area contributed by atoms with Gasteiger partial charge in [-0.2, -0.15) is 4.98 Å². The fraction of sp³-hybridized carbons (Fsp3) is 0.667. The average Bonchev–Trinajstić information content (AvgIpc) is 2.79. The summed E-state index contributed by atoms with van der Waals surface area (Å²) in [7, 11) is 0. The van der Waals surface area contributed by atoms with Gasteiger partial charge in [0.05, 0.1) is 13.2 Å². The minimum Gasteiger partial charge on any atom is -0.477 e. The maximum Gasteiger partial charge on any atom is 0.218 e. The molecule has 0 aromatic carbocycles. The summed E-state index contributed by atoms with van der Waals surface area (Å²) in [6.07, 6.45) is 1.07. The molecule has 0 bridgehead atoms. The normalized spacial score (nSPS) is 19.3. The molecule has 1 aliphatic rings. The minimum absolute atomic E-state index is 0.493. The number of rotatable bonds is 5. The first kappa shape index (κ1) is 12.1. The summed E-state index contributed by atoms with van der Waals surface area (Å²) in [6.45, 7) is 7.05. The molecule has 1 saturated heterocycles. The van der Waals surface area contributed by atoms with Crippen molar-refractivity contribution in [2.24, 2.45) is 5.92 Å². The van der Waals surface area contributed by atoms with Gasteiger partial charge in [0.15, 0.2) is 0 Å². The lowest BCUT2D eigenvalue weighted by Crippen LogP contribution is -2.13. The topological polar surface area (TPSA) is 56.3 Å². The van der Waals surface area contributed by atoms with Gasteiger partial charge in [0.1, 0.15) is 11.6 Å². The molecule has 1 N–H and O–H groups in total. The van der Waals surface area contributed by atoms with Crippen molar-refractivity contribution in [2.45, 2.75) is 20.3 Å². The van der Waals surface area contributed by atoms with E-state index in [1.807, 2.05) is 19.9 Å². The van der Waals surface area contributed by atoms with E-state index in [2.05, 4.69) is 15.3 Å². The Morgan fingerprint density at radius 3 is 3.12 bits per heavy atom. The van der Waals surface area contributed by atoms with Gasteiger partial charge in [-0.05, 0) is 20.3 Å². The first-order valence-corrected chi connectivity index (χ1v) is 6.08. The molecule has 0 amide bonds. The molecule has 2 heterocycles. The number of nitrogens with one attached hydrogen (secondary N) is 1. The van der Waals surface area contributed by atoms with Gasteiger partial charge < -0.3 is 14.8 Å². The number of aromatic nitrogens is 2. The second-order valence-corrected chi connectivity index (χ2v) is 4.21. The highest BCUT2D eigenvalue weighted by Crippen LogP contribution is 2.17. The standard InChI is InChI=1S/C12H19N3O2/c1-3-13-11-6-12(15-9(2)14-11)17-8-10-4-5-16-7-10/h6,10H,3-5,7-8H2,1-2H3,(H,13,14,15). The fourth-order valence-corrected chi connectivity index (χ4v) is 1.80. The van der Waals surface area contributed by atoms with Gasteiger partial charge in [-0.25, -0.2) is 4.98 Å². The Hall–Kier alpha value is -1.36. The van der Waals surface area contributed by atoms with E-state index in [9.17, 15) is 0 Å². The van der Waals surface area contributed by atoms with Crippen molar-refractivity contribution < 1.29 is 9.47 Å². The SMILES string of the molecule is CCNc1cc(OCC2CCOC2)nc(C)n1. The second kappa shape index (κ2) is 5.82. The van der Waals surface area contributed by atoms with Crippen molar-refractivity contribution in [2.75, 3.05) is 31.7 Å². The summed E-state index contributed by atoms with van der Waals surface area (Å²) < 4.78 is 11.0. The number of hydrogen-bond acceptors (Lipinski definition) is 5. The molecule has 2 rings (SSSR count). The van der Waals surface area contributed by atoms with E-state index in [0.29, 0.717) is 18.4 Å². The van der Waals surface area contributed by atoms with E-state index >= 15 is 0 Å². The summed E-state index contributed by atoms with van der Waals surface area (Å²) in [4.78, 5) is 8.54. The third-order valence-corrected chi connectivity index (χ3v) is 2.66. The van der Waals surface area contributed by atoms with Crippen LogP contribution >= 0.6 is 0 Å². The molecule has 94 valence electrons. The molecule has 5 heteroatoms. The van der Waals surface area contributed by atoms with Gasteiger partial charge in [0.25, 0.3) is 0 Å². The molecule has 0 aliphatic carbocycles. The second-order valence-electron chi connectivity index (χ2n) is 4.21.